The van der Waals surface area contributed by atoms with Crippen LogP contribution in [-0.2, 0) is 4.79 Å². The standard InChI is InChI=1S/C17H17FN2OS/c1-12-10-20(15-7-2-3-8-16(15)22-12)11-17(21)19-14-6-4-5-13(18)9-14/h2-9,12H,10-11H2,1H3,(H,19,21)/t12-/m0/s1. The number of benzene rings is 2. The molecule has 1 heterocycles. The van der Waals surface area contributed by atoms with Crippen molar-refractivity contribution in [2.24, 2.45) is 0 Å². The highest BCUT2D eigenvalue weighted by Gasteiger charge is 2.23. The Balaban J connectivity index is 1.71. The first kappa shape index (κ1) is 14.9. The molecule has 1 N–H and O–H groups in total. The summed E-state index contributed by atoms with van der Waals surface area (Å²) in [4.78, 5) is 15.5. The summed E-state index contributed by atoms with van der Waals surface area (Å²) in [5.74, 6) is -0.495. The molecule has 0 fully saturated rings. The number of nitrogens with one attached hydrogen (secondary N) is 1. The van der Waals surface area contributed by atoms with Crippen LogP contribution in [0.25, 0.3) is 0 Å². The van der Waals surface area contributed by atoms with Gasteiger partial charge in [-0.15, -0.1) is 11.8 Å². The fourth-order valence-electron chi connectivity index (χ4n) is 2.57. The zero-order chi connectivity index (χ0) is 15.5. The van der Waals surface area contributed by atoms with Crippen LogP contribution in [0.4, 0.5) is 15.8 Å². The van der Waals surface area contributed by atoms with Crippen molar-refractivity contribution in [3.8, 4) is 0 Å². The van der Waals surface area contributed by atoms with Gasteiger partial charge in [-0.05, 0) is 30.3 Å². The van der Waals surface area contributed by atoms with Gasteiger partial charge in [0, 0.05) is 22.4 Å². The Kier molecular flexibility index (Phi) is 4.34. The lowest BCUT2D eigenvalue weighted by atomic mass is 10.2. The molecule has 0 saturated carbocycles. The van der Waals surface area contributed by atoms with Crippen LogP contribution in [-0.4, -0.2) is 24.2 Å². The van der Waals surface area contributed by atoms with E-state index in [4.69, 9.17) is 0 Å². The van der Waals surface area contributed by atoms with Crippen LogP contribution in [0.2, 0.25) is 0 Å². The molecule has 5 heteroatoms. The third kappa shape index (κ3) is 3.42. The predicted octanol–water partition coefficient (Wildman–Crippen LogP) is 3.77. The first-order valence-corrected chi connectivity index (χ1v) is 8.06. The van der Waals surface area contributed by atoms with E-state index in [1.54, 1.807) is 12.1 Å². The summed E-state index contributed by atoms with van der Waals surface area (Å²) >= 11 is 1.83. The monoisotopic (exact) mass is 316 g/mol. The van der Waals surface area contributed by atoms with Gasteiger partial charge in [0.15, 0.2) is 0 Å². The zero-order valence-electron chi connectivity index (χ0n) is 12.3. The number of fused-ring (bicyclic) bond motifs is 1. The van der Waals surface area contributed by atoms with Gasteiger partial charge in [0.05, 0.1) is 12.2 Å². The molecule has 2 aromatic carbocycles. The fourth-order valence-corrected chi connectivity index (χ4v) is 3.73. The largest absolute Gasteiger partial charge is 0.360 e. The molecule has 0 aliphatic carbocycles. The topological polar surface area (TPSA) is 32.3 Å². The smallest absolute Gasteiger partial charge is 0.243 e. The SMILES string of the molecule is C[C@H]1CN(CC(=O)Nc2cccc(F)c2)c2ccccc2S1. The Morgan fingerprint density at radius 2 is 2.14 bits per heavy atom. The number of rotatable bonds is 3. The van der Waals surface area contributed by atoms with Crippen LogP contribution in [0.15, 0.2) is 53.4 Å². The van der Waals surface area contributed by atoms with E-state index in [9.17, 15) is 9.18 Å². The van der Waals surface area contributed by atoms with Gasteiger partial charge in [-0.3, -0.25) is 4.79 Å². The van der Waals surface area contributed by atoms with Crippen LogP contribution >= 0.6 is 11.8 Å². The van der Waals surface area contributed by atoms with Crippen molar-refractivity contribution < 1.29 is 9.18 Å². The van der Waals surface area contributed by atoms with E-state index in [1.165, 1.54) is 17.0 Å². The molecule has 3 rings (SSSR count). The van der Waals surface area contributed by atoms with Crippen molar-refractivity contribution in [1.82, 2.24) is 0 Å². The third-order valence-corrected chi connectivity index (χ3v) is 4.61. The van der Waals surface area contributed by atoms with Crippen LogP contribution < -0.4 is 10.2 Å². The third-order valence-electron chi connectivity index (χ3n) is 3.45. The van der Waals surface area contributed by atoms with E-state index in [-0.39, 0.29) is 18.3 Å². The normalized spacial score (nSPS) is 17.0. The minimum absolute atomic E-state index is 0.139. The van der Waals surface area contributed by atoms with E-state index >= 15 is 0 Å². The number of nitrogens with zero attached hydrogens (tertiary/aromatic N) is 1. The lowest BCUT2D eigenvalue weighted by Crippen LogP contribution is -2.39. The Bertz CT molecular complexity index is 692. The van der Waals surface area contributed by atoms with Gasteiger partial charge in [0.25, 0.3) is 0 Å². The van der Waals surface area contributed by atoms with E-state index in [2.05, 4.69) is 23.2 Å². The summed E-state index contributed by atoms with van der Waals surface area (Å²) < 4.78 is 13.2. The number of carbonyl (C=O) groups excluding carboxylic acids is 1. The highest BCUT2D eigenvalue weighted by molar-refractivity contribution is 8.00. The summed E-state index contributed by atoms with van der Waals surface area (Å²) in [6, 6.07) is 14.0. The fraction of sp³-hybridized carbons (Fsp3) is 0.235. The van der Waals surface area contributed by atoms with E-state index < -0.39 is 0 Å². The summed E-state index contributed by atoms with van der Waals surface area (Å²) in [5.41, 5.74) is 1.57. The summed E-state index contributed by atoms with van der Waals surface area (Å²) in [7, 11) is 0. The second-order valence-corrected chi connectivity index (χ2v) is 6.82. The number of hydrogen-bond acceptors (Lipinski definition) is 3. The zero-order valence-corrected chi connectivity index (χ0v) is 13.1. The van der Waals surface area contributed by atoms with Crippen molar-refractivity contribution >= 4 is 29.0 Å². The number of anilines is 2. The van der Waals surface area contributed by atoms with Gasteiger partial charge in [0.1, 0.15) is 5.82 Å². The molecule has 0 saturated heterocycles. The number of amides is 1. The quantitative estimate of drug-likeness (QED) is 0.935. The lowest BCUT2D eigenvalue weighted by molar-refractivity contribution is -0.115. The van der Waals surface area contributed by atoms with Crippen molar-refractivity contribution in [1.29, 1.82) is 0 Å². The van der Waals surface area contributed by atoms with Gasteiger partial charge in [-0.1, -0.05) is 25.1 Å². The molecule has 1 aliphatic rings. The molecule has 1 aliphatic heterocycles. The molecule has 22 heavy (non-hydrogen) atoms. The van der Waals surface area contributed by atoms with Crippen LogP contribution in [0.5, 0.6) is 0 Å². The van der Waals surface area contributed by atoms with Crippen molar-refractivity contribution in [3.05, 3.63) is 54.3 Å². The molecule has 0 spiro atoms. The first-order chi connectivity index (χ1) is 10.6. The van der Waals surface area contributed by atoms with Crippen LogP contribution in [0.3, 0.4) is 0 Å². The molecule has 0 bridgehead atoms. The number of halogens is 1. The maximum atomic E-state index is 13.2. The number of para-hydroxylation sites is 1. The van der Waals surface area contributed by atoms with Gasteiger partial charge in [0.2, 0.25) is 5.91 Å². The Hall–Kier alpha value is -2.01. The molecule has 0 unspecified atom stereocenters. The molecule has 1 atom stereocenters. The number of thioether (sulfide) groups is 1. The molecule has 3 nitrogen and oxygen atoms in total. The Morgan fingerprint density at radius 3 is 2.95 bits per heavy atom. The average molecular weight is 316 g/mol. The highest BCUT2D eigenvalue weighted by Crippen LogP contribution is 2.37. The average Bonchev–Trinajstić information content (AvgIpc) is 2.47. The maximum Gasteiger partial charge on any atom is 0.243 e. The molecular weight excluding hydrogens is 299 g/mol. The van der Waals surface area contributed by atoms with Crippen LogP contribution in [0.1, 0.15) is 6.92 Å². The van der Waals surface area contributed by atoms with Crippen molar-refractivity contribution in [2.45, 2.75) is 17.1 Å². The minimum atomic E-state index is -0.355. The Labute approximate surface area is 133 Å². The predicted molar refractivity (Wildman–Crippen MR) is 89.0 cm³/mol. The molecule has 114 valence electrons. The molecule has 0 radical (unpaired) electrons. The second-order valence-electron chi connectivity index (χ2n) is 5.34. The van der Waals surface area contributed by atoms with Crippen molar-refractivity contribution in [2.75, 3.05) is 23.3 Å². The van der Waals surface area contributed by atoms with Crippen LogP contribution in [0, 0.1) is 5.82 Å². The molecule has 0 aromatic heterocycles. The molecule has 2 aromatic rings. The van der Waals surface area contributed by atoms with E-state index in [1.807, 2.05) is 30.0 Å². The Morgan fingerprint density at radius 1 is 1.32 bits per heavy atom. The number of carbonyl (C=O) groups is 1. The van der Waals surface area contributed by atoms with E-state index in [0.717, 1.165) is 12.2 Å². The minimum Gasteiger partial charge on any atom is -0.360 e. The first-order valence-electron chi connectivity index (χ1n) is 7.18. The van der Waals surface area contributed by atoms with Gasteiger partial charge < -0.3 is 10.2 Å². The summed E-state index contributed by atoms with van der Waals surface area (Å²) in [6.07, 6.45) is 0. The van der Waals surface area contributed by atoms with E-state index in [0.29, 0.717) is 10.9 Å². The second kappa shape index (κ2) is 6.40. The summed E-state index contributed by atoms with van der Waals surface area (Å²) in [5, 5.41) is 3.18. The lowest BCUT2D eigenvalue weighted by Gasteiger charge is -2.33. The van der Waals surface area contributed by atoms with Gasteiger partial charge in [-0.2, -0.15) is 0 Å². The van der Waals surface area contributed by atoms with Gasteiger partial charge >= 0.3 is 0 Å². The van der Waals surface area contributed by atoms with Crippen molar-refractivity contribution in [3.63, 3.8) is 0 Å². The number of hydrogen-bond donors (Lipinski definition) is 1. The highest BCUT2D eigenvalue weighted by atomic mass is 32.2. The van der Waals surface area contributed by atoms with Gasteiger partial charge in [-0.25, -0.2) is 4.39 Å². The molecular formula is C17H17FN2OS. The maximum absolute atomic E-state index is 13.2. The molecule has 1 amide bonds. The summed E-state index contributed by atoms with van der Waals surface area (Å²) in [6.45, 7) is 3.23.